The van der Waals surface area contributed by atoms with Crippen LogP contribution in [-0.4, -0.2) is 11.0 Å². The number of H-pyrrole nitrogens is 1. The summed E-state index contributed by atoms with van der Waals surface area (Å²) in [7, 11) is 0. The molecule has 1 aromatic heterocycles. The molecular formula is C10H15N3. The molecule has 1 N–H and O–H groups in total. The third-order valence-electron chi connectivity index (χ3n) is 2.49. The van der Waals surface area contributed by atoms with Crippen LogP contribution in [0, 0.1) is 0 Å². The normalized spacial score (nSPS) is 19.7. The summed E-state index contributed by atoms with van der Waals surface area (Å²) in [4.78, 5) is 3.02. The Morgan fingerprint density at radius 2 is 2.08 bits per heavy atom. The van der Waals surface area contributed by atoms with E-state index in [0.29, 0.717) is 6.04 Å². The van der Waals surface area contributed by atoms with Gasteiger partial charge in [0.25, 0.3) is 0 Å². The summed E-state index contributed by atoms with van der Waals surface area (Å²) in [5.41, 5.74) is 0. The van der Waals surface area contributed by atoms with E-state index in [4.69, 9.17) is 0 Å². The molecule has 0 bridgehead atoms. The summed E-state index contributed by atoms with van der Waals surface area (Å²) in [5.74, 6) is 0.866. The molecule has 1 aromatic rings. The van der Waals surface area contributed by atoms with E-state index in [0.717, 1.165) is 5.82 Å². The maximum absolute atomic E-state index is 4.32. The molecule has 3 heteroatoms. The van der Waals surface area contributed by atoms with Crippen LogP contribution in [0.25, 0.3) is 0 Å². The molecule has 0 saturated heterocycles. The molecule has 3 nitrogen and oxygen atoms in total. The van der Waals surface area contributed by atoms with Gasteiger partial charge in [-0.05, 0) is 25.0 Å². The van der Waals surface area contributed by atoms with Crippen molar-refractivity contribution in [1.82, 2.24) is 4.98 Å². The summed E-state index contributed by atoms with van der Waals surface area (Å²) in [6.45, 7) is 0. The minimum Gasteiger partial charge on any atom is -0.345 e. The molecule has 0 amide bonds. The largest absolute Gasteiger partial charge is 0.345 e. The predicted molar refractivity (Wildman–Crippen MR) is 52.2 cm³/mol. The topological polar surface area (TPSA) is 40.5 Å². The third-order valence-corrected chi connectivity index (χ3v) is 2.49. The molecule has 0 atom stereocenters. The van der Waals surface area contributed by atoms with Crippen molar-refractivity contribution < 1.29 is 0 Å². The van der Waals surface area contributed by atoms with Gasteiger partial charge in [0.05, 0.1) is 6.04 Å². The molecule has 1 aliphatic rings. The van der Waals surface area contributed by atoms with Gasteiger partial charge in [0.15, 0.2) is 5.82 Å². The highest BCUT2D eigenvalue weighted by Gasteiger charge is 2.11. The van der Waals surface area contributed by atoms with Gasteiger partial charge in [-0.1, -0.05) is 19.3 Å². The van der Waals surface area contributed by atoms with Gasteiger partial charge in [-0.25, -0.2) is 0 Å². The van der Waals surface area contributed by atoms with Gasteiger partial charge in [0, 0.05) is 6.20 Å². The van der Waals surface area contributed by atoms with Crippen molar-refractivity contribution in [2.45, 2.75) is 38.1 Å². The Hall–Kier alpha value is -1.12. The first-order valence-electron chi connectivity index (χ1n) is 4.99. The highest BCUT2D eigenvalue weighted by atomic mass is 15.2. The number of nitrogens with one attached hydrogen (secondary N) is 1. The van der Waals surface area contributed by atoms with Crippen LogP contribution in [0.15, 0.2) is 28.6 Å². The number of nitrogens with zero attached hydrogens (tertiary/aromatic N) is 2. The number of rotatable bonds is 2. The third kappa shape index (κ3) is 2.41. The minimum atomic E-state index is 0.469. The predicted octanol–water partition coefficient (Wildman–Crippen LogP) is 3.43. The Morgan fingerprint density at radius 1 is 1.23 bits per heavy atom. The molecule has 0 spiro atoms. The first-order valence-corrected chi connectivity index (χ1v) is 4.99. The van der Waals surface area contributed by atoms with Crippen LogP contribution in [0.2, 0.25) is 0 Å². The second-order valence-corrected chi connectivity index (χ2v) is 3.56. The molecule has 2 rings (SSSR count). The molecular weight excluding hydrogens is 162 g/mol. The zero-order valence-electron chi connectivity index (χ0n) is 7.74. The van der Waals surface area contributed by atoms with Crippen LogP contribution >= 0.6 is 0 Å². The minimum absolute atomic E-state index is 0.469. The summed E-state index contributed by atoms with van der Waals surface area (Å²) >= 11 is 0. The molecule has 0 aromatic carbocycles. The molecule has 0 unspecified atom stereocenters. The van der Waals surface area contributed by atoms with Crippen molar-refractivity contribution >= 4 is 5.82 Å². The molecule has 13 heavy (non-hydrogen) atoms. The molecule has 70 valence electrons. The Labute approximate surface area is 78.3 Å². The lowest BCUT2D eigenvalue weighted by Gasteiger charge is -2.15. The molecule has 1 saturated carbocycles. The quantitative estimate of drug-likeness (QED) is 0.672. The van der Waals surface area contributed by atoms with Gasteiger partial charge in [-0.15, -0.1) is 5.11 Å². The lowest BCUT2D eigenvalue weighted by molar-refractivity contribution is 0.432. The van der Waals surface area contributed by atoms with Crippen LogP contribution in [-0.2, 0) is 0 Å². The number of azo groups is 1. The second kappa shape index (κ2) is 4.21. The smallest absolute Gasteiger partial charge is 0.152 e. The number of aromatic nitrogens is 1. The Bertz CT molecular complexity index is 258. The lowest BCUT2D eigenvalue weighted by Crippen LogP contribution is -2.08. The highest BCUT2D eigenvalue weighted by Crippen LogP contribution is 2.21. The Morgan fingerprint density at radius 3 is 2.77 bits per heavy atom. The fraction of sp³-hybridized carbons (Fsp3) is 0.600. The van der Waals surface area contributed by atoms with Gasteiger partial charge in [-0.3, -0.25) is 0 Å². The molecule has 0 radical (unpaired) electrons. The lowest BCUT2D eigenvalue weighted by atomic mass is 9.96. The first-order chi connectivity index (χ1) is 6.45. The van der Waals surface area contributed by atoms with Crippen molar-refractivity contribution in [2.24, 2.45) is 10.2 Å². The van der Waals surface area contributed by atoms with E-state index in [1.165, 1.54) is 32.1 Å². The summed E-state index contributed by atoms with van der Waals surface area (Å²) < 4.78 is 0. The van der Waals surface area contributed by atoms with E-state index in [1.807, 2.05) is 18.3 Å². The molecule has 1 fully saturated rings. The maximum Gasteiger partial charge on any atom is 0.152 e. The number of aromatic amines is 1. The SMILES string of the molecule is c1c[nH]c(N=NC2CCCCC2)c1. The standard InChI is InChI=1S/C10H15N3/c1-2-5-9(6-3-1)12-13-10-7-4-8-11-10/h4,7-9,11H,1-3,5-6H2. The summed E-state index contributed by atoms with van der Waals surface area (Å²) in [6.07, 6.45) is 8.29. The van der Waals surface area contributed by atoms with Crippen LogP contribution in [0.1, 0.15) is 32.1 Å². The molecule has 0 aliphatic heterocycles. The van der Waals surface area contributed by atoms with Gasteiger partial charge >= 0.3 is 0 Å². The van der Waals surface area contributed by atoms with Crippen molar-refractivity contribution in [2.75, 3.05) is 0 Å². The van der Waals surface area contributed by atoms with Crippen LogP contribution in [0.4, 0.5) is 5.82 Å². The van der Waals surface area contributed by atoms with E-state index in [2.05, 4.69) is 15.2 Å². The molecule has 1 aliphatic carbocycles. The molecule has 1 heterocycles. The Kier molecular flexibility index (Phi) is 2.75. The second-order valence-electron chi connectivity index (χ2n) is 3.56. The van der Waals surface area contributed by atoms with E-state index in [1.54, 1.807) is 0 Å². The highest BCUT2D eigenvalue weighted by molar-refractivity contribution is 5.24. The average molecular weight is 177 g/mol. The van der Waals surface area contributed by atoms with E-state index in [-0.39, 0.29) is 0 Å². The van der Waals surface area contributed by atoms with Crippen LogP contribution in [0.3, 0.4) is 0 Å². The zero-order valence-corrected chi connectivity index (χ0v) is 7.74. The van der Waals surface area contributed by atoms with Crippen molar-refractivity contribution in [1.29, 1.82) is 0 Å². The fourth-order valence-corrected chi connectivity index (χ4v) is 1.72. The monoisotopic (exact) mass is 177 g/mol. The number of hydrogen-bond donors (Lipinski definition) is 1. The van der Waals surface area contributed by atoms with E-state index >= 15 is 0 Å². The summed E-state index contributed by atoms with van der Waals surface area (Å²) in [5, 5.41) is 8.48. The van der Waals surface area contributed by atoms with Gasteiger partial charge < -0.3 is 4.98 Å². The summed E-state index contributed by atoms with van der Waals surface area (Å²) in [6, 6.07) is 4.35. The zero-order chi connectivity index (χ0) is 8.93. The van der Waals surface area contributed by atoms with E-state index in [9.17, 15) is 0 Å². The van der Waals surface area contributed by atoms with Gasteiger partial charge in [0.1, 0.15) is 0 Å². The van der Waals surface area contributed by atoms with Crippen LogP contribution in [0.5, 0.6) is 0 Å². The Balaban J connectivity index is 1.89. The maximum atomic E-state index is 4.32. The average Bonchev–Trinajstić information content (AvgIpc) is 2.69. The van der Waals surface area contributed by atoms with Crippen LogP contribution < -0.4 is 0 Å². The van der Waals surface area contributed by atoms with Gasteiger partial charge in [-0.2, -0.15) is 5.11 Å². The first kappa shape index (κ1) is 8.48. The number of hydrogen-bond acceptors (Lipinski definition) is 2. The fourth-order valence-electron chi connectivity index (χ4n) is 1.72. The van der Waals surface area contributed by atoms with Gasteiger partial charge in [0.2, 0.25) is 0 Å². The van der Waals surface area contributed by atoms with Crippen molar-refractivity contribution in [3.8, 4) is 0 Å². The van der Waals surface area contributed by atoms with Crippen molar-refractivity contribution in [3.63, 3.8) is 0 Å². The van der Waals surface area contributed by atoms with Crippen molar-refractivity contribution in [3.05, 3.63) is 18.3 Å². The van der Waals surface area contributed by atoms with E-state index < -0.39 is 0 Å².